The zero-order chi connectivity index (χ0) is 18.7. The summed E-state index contributed by atoms with van der Waals surface area (Å²) in [5, 5.41) is 7.23. The normalized spacial score (nSPS) is 20.2. The lowest BCUT2D eigenvalue weighted by Gasteiger charge is -2.30. The summed E-state index contributed by atoms with van der Waals surface area (Å²) >= 11 is 6.15. The van der Waals surface area contributed by atoms with Crippen molar-refractivity contribution in [2.45, 2.75) is 50.6 Å². The van der Waals surface area contributed by atoms with Gasteiger partial charge in [-0.15, -0.1) is 0 Å². The van der Waals surface area contributed by atoms with E-state index in [1.165, 1.54) is 0 Å². The summed E-state index contributed by atoms with van der Waals surface area (Å²) in [7, 11) is 0. The molecule has 3 rings (SSSR count). The van der Waals surface area contributed by atoms with Crippen LogP contribution in [0, 0.1) is 0 Å². The largest absolute Gasteiger partial charge is 0.344 e. The summed E-state index contributed by atoms with van der Waals surface area (Å²) < 4.78 is 0. The molecule has 1 saturated heterocycles. The zero-order valence-electron chi connectivity index (χ0n) is 14.7. The highest BCUT2D eigenvalue weighted by atomic mass is 35.5. The smallest absolute Gasteiger partial charge is 0.322 e. The number of nitrogens with one attached hydrogen (secondary N) is 3. The van der Waals surface area contributed by atoms with Gasteiger partial charge >= 0.3 is 6.03 Å². The number of imide groups is 1. The molecule has 1 aromatic rings. The molecule has 2 aliphatic rings. The number of hydrogen-bond acceptors (Lipinski definition) is 4. The molecule has 2 fully saturated rings. The maximum atomic E-state index is 12.6. The lowest BCUT2D eigenvalue weighted by molar-refractivity contribution is -0.139. The van der Waals surface area contributed by atoms with Crippen molar-refractivity contribution in [3.63, 3.8) is 0 Å². The van der Waals surface area contributed by atoms with Gasteiger partial charge in [0.05, 0.1) is 6.54 Å². The second-order valence-electron chi connectivity index (χ2n) is 6.87. The predicted molar refractivity (Wildman–Crippen MR) is 97.2 cm³/mol. The molecule has 1 atom stereocenters. The number of benzene rings is 1. The van der Waals surface area contributed by atoms with Crippen LogP contribution in [0.25, 0.3) is 0 Å². The van der Waals surface area contributed by atoms with Crippen molar-refractivity contribution in [2.24, 2.45) is 0 Å². The van der Waals surface area contributed by atoms with Gasteiger partial charge in [-0.05, 0) is 31.4 Å². The van der Waals surface area contributed by atoms with Crippen molar-refractivity contribution in [2.75, 3.05) is 6.54 Å². The van der Waals surface area contributed by atoms with Crippen LogP contribution in [0.4, 0.5) is 4.79 Å². The first-order valence-electron chi connectivity index (χ1n) is 8.87. The van der Waals surface area contributed by atoms with Crippen LogP contribution in [0.2, 0.25) is 5.02 Å². The van der Waals surface area contributed by atoms with E-state index in [0.29, 0.717) is 17.9 Å². The summed E-state index contributed by atoms with van der Waals surface area (Å²) in [5.74, 6) is -0.824. The van der Waals surface area contributed by atoms with Crippen molar-refractivity contribution in [1.82, 2.24) is 21.1 Å². The van der Waals surface area contributed by atoms with Crippen molar-refractivity contribution in [3.8, 4) is 0 Å². The van der Waals surface area contributed by atoms with Gasteiger partial charge in [-0.3, -0.25) is 15.0 Å². The van der Waals surface area contributed by atoms with E-state index in [-0.39, 0.29) is 18.5 Å². The van der Waals surface area contributed by atoms with E-state index in [9.17, 15) is 14.4 Å². The standard InChI is InChI=1S/C18H23ClN4O3/c1-12(13-7-3-4-8-14(13)19)20-11-15(24)22-23-16(25)18(21-17(23)26)9-5-2-6-10-18/h3-4,7-8,12,20H,2,5-6,9-11H2,1H3,(H,21,26)(H,22,24)/t12-/m0/s1. The molecule has 140 valence electrons. The van der Waals surface area contributed by atoms with Crippen LogP contribution >= 0.6 is 11.6 Å². The van der Waals surface area contributed by atoms with Crippen LogP contribution in [-0.2, 0) is 9.59 Å². The molecule has 4 amide bonds. The van der Waals surface area contributed by atoms with Crippen LogP contribution in [-0.4, -0.2) is 34.9 Å². The summed E-state index contributed by atoms with van der Waals surface area (Å²) in [5.41, 5.74) is 2.44. The summed E-state index contributed by atoms with van der Waals surface area (Å²) in [6.45, 7) is 1.84. The van der Waals surface area contributed by atoms with Crippen molar-refractivity contribution in [1.29, 1.82) is 0 Å². The molecule has 8 heteroatoms. The number of hydrazine groups is 1. The molecule has 0 unspecified atom stereocenters. The molecule has 1 aliphatic heterocycles. The summed E-state index contributed by atoms with van der Waals surface area (Å²) in [4.78, 5) is 37.0. The minimum absolute atomic E-state index is 0.0452. The monoisotopic (exact) mass is 378 g/mol. The number of halogens is 1. The average Bonchev–Trinajstić information content (AvgIpc) is 2.85. The van der Waals surface area contributed by atoms with Crippen LogP contribution in [0.5, 0.6) is 0 Å². The molecule has 26 heavy (non-hydrogen) atoms. The fraction of sp³-hybridized carbons (Fsp3) is 0.500. The fourth-order valence-electron chi connectivity index (χ4n) is 3.56. The third-order valence-corrected chi connectivity index (χ3v) is 5.39. The Bertz CT molecular complexity index is 718. The predicted octanol–water partition coefficient (Wildman–Crippen LogP) is 2.28. The van der Waals surface area contributed by atoms with Crippen LogP contribution in [0.3, 0.4) is 0 Å². The first-order valence-corrected chi connectivity index (χ1v) is 9.25. The maximum Gasteiger partial charge on any atom is 0.344 e. The Morgan fingerprint density at radius 3 is 2.65 bits per heavy atom. The Kier molecular flexibility index (Phi) is 5.48. The van der Waals surface area contributed by atoms with E-state index in [1.54, 1.807) is 6.07 Å². The topological polar surface area (TPSA) is 90.5 Å². The van der Waals surface area contributed by atoms with Crippen LogP contribution < -0.4 is 16.1 Å². The summed E-state index contributed by atoms with van der Waals surface area (Å²) in [6, 6.07) is 6.65. The Balaban J connectivity index is 1.56. The van der Waals surface area contributed by atoms with Gasteiger partial charge in [-0.25, -0.2) is 4.79 Å². The number of nitrogens with zero attached hydrogens (tertiary/aromatic N) is 1. The van der Waals surface area contributed by atoms with Crippen molar-refractivity contribution in [3.05, 3.63) is 34.9 Å². The Morgan fingerprint density at radius 2 is 1.96 bits per heavy atom. The lowest BCUT2D eigenvalue weighted by atomic mass is 9.82. The second kappa shape index (κ2) is 7.63. The third kappa shape index (κ3) is 3.68. The van der Waals surface area contributed by atoms with Gasteiger partial charge in [0.15, 0.2) is 0 Å². The Hall–Kier alpha value is -2.12. The molecule has 0 aromatic heterocycles. The number of carbonyl (C=O) groups is 3. The highest BCUT2D eigenvalue weighted by Crippen LogP contribution is 2.33. The first-order chi connectivity index (χ1) is 12.4. The van der Waals surface area contributed by atoms with Gasteiger partial charge in [0.2, 0.25) is 0 Å². The minimum atomic E-state index is -0.846. The number of urea groups is 1. The van der Waals surface area contributed by atoms with Gasteiger partial charge in [-0.2, -0.15) is 5.01 Å². The molecule has 1 saturated carbocycles. The number of rotatable bonds is 5. The van der Waals surface area contributed by atoms with Crippen molar-refractivity contribution < 1.29 is 14.4 Å². The SMILES string of the molecule is C[C@H](NCC(=O)NN1C(=O)NC2(CCCCC2)C1=O)c1ccccc1Cl. The first kappa shape index (κ1) is 18.7. The molecule has 1 aliphatic carbocycles. The van der Waals surface area contributed by atoms with E-state index in [4.69, 9.17) is 11.6 Å². The number of carbonyl (C=O) groups excluding carboxylic acids is 3. The Labute approximate surface area is 157 Å². The van der Waals surface area contributed by atoms with Gasteiger partial charge < -0.3 is 10.6 Å². The van der Waals surface area contributed by atoms with Gasteiger partial charge in [0, 0.05) is 11.1 Å². The minimum Gasteiger partial charge on any atom is -0.322 e. The fourth-order valence-corrected chi connectivity index (χ4v) is 3.86. The quantitative estimate of drug-likeness (QED) is 0.685. The molecule has 0 radical (unpaired) electrons. The van der Waals surface area contributed by atoms with Gasteiger partial charge in [-0.1, -0.05) is 49.1 Å². The van der Waals surface area contributed by atoms with E-state index in [0.717, 1.165) is 29.8 Å². The van der Waals surface area contributed by atoms with E-state index in [1.807, 2.05) is 25.1 Å². The van der Waals surface area contributed by atoms with Crippen LogP contribution in [0.15, 0.2) is 24.3 Å². The molecule has 1 spiro atoms. The molecule has 7 nitrogen and oxygen atoms in total. The molecular formula is C18H23ClN4O3. The molecule has 0 bridgehead atoms. The Morgan fingerprint density at radius 1 is 1.27 bits per heavy atom. The highest BCUT2D eigenvalue weighted by Gasteiger charge is 2.52. The maximum absolute atomic E-state index is 12.6. The molecule has 3 N–H and O–H groups in total. The highest BCUT2D eigenvalue weighted by molar-refractivity contribution is 6.31. The summed E-state index contributed by atoms with van der Waals surface area (Å²) in [6.07, 6.45) is 4.08. The lowest BCUT2D eigenvalue weighted by Crippen LogP contribution is -2.52. The number of hydrogen-bond donors (Lipinski definition) is 3. The molecule has 1 heterocycles. The third-order valence-electron chi connectivity index (χ3n) is 5.05. The van der Waals surface area contributed by atoms with Gasteiger partial charge in [0.1, 0.15) is 5.54 Å². The average molecular weight is 379 g/mol. The molecule has 1 aromatic carbocycles. The number of amides is 4. The van der Waals surface area contributed by atoms with Crippen molar-refractivity contribution >= 4 is 29.4 Å². The zero-order valence-corrected chi connectivity index (χ0v) is 15.4. The van der Waals surface area contributed by atoms with Gasteiger partial charge in [0.25, 0.3) is 11.8 Å². The molecular weight excluding hydrogens is 356 g/mol. The van der Waals surface area contributed by atoms with E-state index in [2.05, 4.69) is 16.1 Å². The second-order valence-corrected chi connectivity index (χ2v) is 7.28. The van der Waals surface area contributed by atoms with E-state index < -0.39 is 17.5 Å². The van der Waals surface area contributed by atoms with E-state index >= 15 is 0 Å². The van der Waals surface area contributed by atoms with Crippen LogP contribution in [0.1, 0.15) is 50.6 Å².